The third kappa shape index (κ3) is 5.56. The van der Waals surface area contributed by atoms with Crippen LogP contribution >= 0.6 is 0 Å². The molecule has 23 heavy (non-hydrogen) atoms. The minimum absolute atomic E-state index is 0.207. The molecule has 1 aromatic heterocycles. The van der Waals surface area contributed by atoms with Gasteiger partial charge in [-0.15, -0.1) is 0 Å². The van der Waals surface area contributed by atoms with Gasteiger partial charge in [0.25, 0.3) is 0 Å². The first-order valence-corrected chi connectivity index (χ1v) is 8.29. The Labute approximate surface area is 137 Å². The van der Waals surface area contributed by atoms with Crippen molar-refractivity contribution >= 4 is 22.6 Å². The second-order valence-corrected chi connectivity index (χ2v) is 5.59. The van der Waals surface area contributed by atoms with Gasteiger partial charge in [-0.2, -0.15) is 5.10 Å². The summed E-state index contributed by atoms with van der Waals surface area (Å²) in [6.07, 6.45) is 5.17. The summed E-state index contributed by atoms with van der Waals surface area (Å²) < 4.78 is 4.93. The van der Waals surface area contributed by atoms with Crippen LogP contribution in [0.5, 0.6) is 0 Å². The Hall–Kier alpha value is -2.08. The van der Waals surface area contributed by atoms with Crippen LogP contribution in [0.4, 0.5) is 5.69 Å². The summed E-state index contributed by atoms with van der Waals surface area (Å²) in [5.41, 5.74) is 2.10. The van der Waals surface area contributed by atoms with Crippen LogP contribution in [-0.4, -0.2) is 41.9 Å². The van der Waals surface area contributed by atoms with Crippen LogP contribution in [-0.2, 0) is 9.53 Å². The first-order valence-electron chi connectivity index (χ1n) is 8.29. The van der Waals surface area contributed by atoms with Gasteiger partial charge in [0.15, 0.2) is 0 Å². The fourth-order valence-corrected chi connectivity index (χ4v) is 2.50. The van der Waals surface area contributed by atoms with Crippen LogP contribution < -0.4 is 10.6 Å². The van der Waals surface area contributed by atoms with Crippen LogP contribution in [0, 0.1) is 0 Å². The van der Waals surface area contributed by atoms with Crippen molar-refractivity contribution < 1.29 is 9.53 Å². The van der Waals surface area contributed by atoms with E-state index in [-0.39, 0.29) is 18.6 Å². The summed E-state index contributed by atoms with van der Waals surface area (Å²) in [7, 11) is 0. The predicted octanol–water partition coefficient (Wildman–Crippen LogP) is 2.69. The zero-order valence-electron chi connectivity index (χ0n) is 13.9. The fraction of sp³-hybridized carbons (Fsp3) is 0.529. The van der Waals surface area contributed by atoms with E-state index in [0.29, 0.717) is 6.61 Å². The maximum atomic E-state index is 11.4. The summed E-state index contributed by atoms with van der Waals surface area (Å²) in [6.45, 7) is 5.39. The lowest BCUT2D eigenvalue weighted by Gasteiger charge is -2.20. The molecule has 0 fully saturated rings. The molecule has 0 radical (unpaired) electrons. The SMILES string of the molecule is CCCCC(CNCC(=O)OCC)Nc1ccc2[nH]ncc2c1. The normalized spacial score (nSPS) is 12.3. The van der Waals surface area contributed by atoms with Crippen molar-refractivity contribution in [2.45, 2.75) is 39.2 Å². The van der Waals surface area contributed by atoms with Crippen molar-refractivity contribution in [1.82, 2.24) is 15.5 Å². The highest BCUT2D eigenvalue weighted by Gasteiger charge is 2.10. The lowest BCUT2D eigenvalue weighted by molar-refractivity contribution is -0.141. The standard InChI is InChI=1S/C17H26N4O2/c1-3-5-6-15(11-18-12-17(22)23-4-2)20-14-7-8-16-13(9-14)10-19-21-16/h7-10,15,18,20H,3-6,11-12H2,1-2H3,(H,19,21). The Balaban J connectivity index is 1.90. The number of anilines is 1. The number of benzene rings is 1. The molecule has 0 saturated carbocycles. The lowest BCUT2D eigenvalue weighted by atomic mass is 10.1. The van der Waals surface area contributed by atoms with Gasteiger partial charge in [-0.25, -0.2) is 0 Å². The molecule has 6 nitrogen and oxygen atoms in total. The quantitative estimate of drug-likeness (QED) is 0.587. The topological polar surface area (TPSA) is 79.0 Å². The van der Waals surface area contributed by atoms with Crippen molar-refractivity contribution in [3.63, 3.8) is 0 Å². The minimum Gasteiger partial charge on any atom is -0.465 e. The molecular formula is C17H26N4O2. The zero-order chi connectivity index (χ0) is 16.5. The molecule has 0 amide bonds. The Morgan fingerprint density at radius 3 is 3.04 bits per heavy atom. The first kappa shape index (κ1) is 17.3. The van der Waals surface area contributed by atoms with Crippen LogP contribution in [0.1, 0.15) is 33.1 Å². The smallest absolute Gasteiger partial charge is 0.319 e. The van der Waals surface area contributed by atoms with E-state index in [2.05, 4.69) is 33.8 Å². The van der Waals surface area contributed by atoms with Gasteiger partial charge in [-0.3, -0.25) is 9.89 Å². The predicted molar refractivity (Wildman–Crippen MR) is 92.5 cm³/mol. The van der Waals surface area contributed by atoms with E-state index in [9.17, 15) is 4.79 Å². The monoisotopic (exact) mass is 318 g/mol. The number of hydrogen-bond acceptors (Lipinski definition) is 5. The molecule has 0 bridgehead atoms. The number of nitrogens with one attached hydrogen (secondary N) is 3. The molecule has 1 unspecified atom stereocenters. The van der Waals surface area contributed by atoms with Gasteiger partial charge < -0.3 is 15.4 Å². The number of rotatable bonds is 10. The van der Waals surface area contributed by atoms with Crippen LogP contribution in [0.25, 0.3) is 10.9 Å². The number of aromatic nitrogens is 2. The fourth-order valence-electron chi connectivity index (χ4n) is 2.50. The summed E-state index contributed by atoms with van der Waals surface area (Å²) in [4.78, 5) is 11.4. The van der Waals surface area contributed by atoms with E-state index in [1.807, 2.05) is 25.3 Å². The number of carbonyl (C=O) groups excluding carboxylic acids is 1. The average molecular weight is 318 g/mol. The van der Waals surface area contributed by atoms with Gasteiger partial charge in [0.2, 0.25) is 0 Å². The van der Waals surface area contributed by atoms with Gasteiger partial charge in [-0.1, -0.05) is 19.8 Å². The number of esters is 1. The van der Waals surface area contributed by atoms with E-state index in [4.69, 9.17) is 4.74 Å². The highest BCUT2D eigenvalue weighted by molar-refractivity contribution is 5.81. The molecule has 0 aliphatic rings. The molecule has 6 heteroatoms. The van der Waals surface area contributed by atoms with Gasteiger partial charge >= 0.3 is 5.97 Å². The summed E-state index contributed by atoms with van der Waals surface area (Å²) in [6, 6.07) is 6.43. The van der Waals surface area contributed by atoms with Crippen molar-refractivity contribution in [3.05, 3.63) is 24.4 Å². The van der Waals surface area contributed by atoms with Gasteiger partial charge in [0.05, 0.1) is 24.9 Å². The number of carbonyl (C=O) groups is 1. The zero-order valence-corrected chi connectivity index (χ0v) is 13.9. The minimum atomic E-state index is -0.207. The Kier molecular flexibility index (Phi) is 6.87. The molecule has 126 valence electrons. The van der Waals surface area contributed by atoms with Gasteiger partial charge in [0.1, 0.15) is 0 Å². The third-order valence-electron chi connectivity index (χ3n) is 3.68. The Morgan fingerprint density at radius 1 is 1.39 bits per heavy atom. The summed E-state index contributed by atoms with van der Waals surface area (Å²) >= 11 is 0. The van der Waals surface area contributed by atoms with E-state index < -0.39 is 0 Å². The van der Waals surface area contributed by atoms with Crippen LogP contribution in [0.15, 0.2) is 24.4 Å². The summed E-state index contributed by atoms with van der Waals surface area (Å²) in [5.74, 6) is -0.207. The molecule has 0 aliphatic heterocycles. The van der Waals surface area contributed by atoms with Crippen molar-refractivity contribution in [1.29, 1.82) is 0 Å². The number of unbranched alkanes of at least 4 members (excludes halogenated alkanes) is 1. The molecule has 3 N–H and O–H groups in total. The number of H-pyrrole nitrogens is 1. The largest absolute Gasteiger partial charge is 0.465 e. The number of aromatic amines is 1. The van der Waals surface area contributed by atoms with Gasteiger partial charge in [0, 0.05) is 23.7 Å². The molecule has 2 rings (SSSR count). The highest BCUT2D eigenvalue weighted by Crippen LogP contribution is 2.18. The lowest BCUT2D eigenvalue weighted by Crippen LogP contribution is -2.36. The maximum absolute atomic E-state index is 11.4. The third-order valence-corrected chi connectivity index (χ3v) is 3.68. The van der Waals surface area contributed by atoms with Crippen molar-refractivity contribution in [2.24, 2.45) is 0 Å². The summed E-state index contributed by atoms with van der Waals surface area (Å²) in [5, 5.41) is 14.8. The van der Waals surface area contributed by atoms with E-state index in [0.717, 1.165) is 42.4 Å². The molecule has 0 saturated heterocycles. The number of nitrogens with zero attached hydrogens (tertiary/aromatic N) is 1. The number of ether oxygens (including phenoxy) is 1. The van der Waals surface area contributed by atoms with Crippen LogP contribution in [0.2, 0.25) is 0 Å². The Morgan fingerprint density at radius 2 is 2.26 bits per heavy atom. The molecule has 1 heterocycles. The van der Waals surface area contributed by atoms with Crippen molar-refractivity contribution in [3.8, 4) is 0 Å². The van der Waals surface area contributed by atoms with Crippen LogP contribution in [0.3, 0.4) is 0 Å². The number of hydrogen-bond donors (Lipinski definition) is 3. The second kappa shape index (κ2) is 9.15. The van der Waals surface area contributed by atoms with Gasteiger partial charge in [-0.05, 0) is 31.5 Å². The second-order valence-electron chi connectivity index (χ2n) is 5.59. The van der Waals surface area contributed by atoms with Crippen molar-refractivity contribution in [2.75, 3.05) is 25.0 Å². The van der Waals surface area contributed by atoms with E-state index >= 15 is 0 Å². The maximum Gasteiger partial charge on any atom is 0.319 e. The van der Waals surface area contributed by atoms with E-state index in [1.54, 1.807) is 0 Å². The van der Waals surface area contributed by atoms with E-state index in [1.165, 1.54) is 0 Å². The molecule has 2 aromatic rings. The molecular weight excluding hydrogens is 292 g/mol. The molecule has 1 atom stereocenters. The molecule has 1 aromatic carbocycles. The molecule has 0 spiro atoms. The number of fused-ring (bicyclic) bond motifs is 1. The Bertz CT molecular complexity index is 611. The average Bonchev–Trinajstić information content (AvgIpc) is 3.00. The highest BCUT2D eigenvalue weighted by atomic mass is 16.5. The first-order chi connectivity index (χ1) is 11.2. The molecule has 0 aliphatic carbocycles.